The van der Waals surface area contributed by atoms with Crippen LogP contribution in [0.3, 0.4) is 0 Å². The summed E-state index contributed by atoms with van der Waals surface area (Å²) in [7, 11) is 0. The van der Waals surface area contributed by atoms with E-state index in [0.717, 1.165) is 23.9 Å². The average molecular weight is 299 g/mol. The lowest BCUT2D eigenvalue weighted by Crippen LogP contribution is -2.17. The molecule has 1 heterocycles. The van der Waals surface area contributed by atoms with E-state index in [2.05, 4.69) is 15.9 Å². The third-order valence-corrected chi connectivity index (χ3v) is 3.26. The highest BCUT2D eigenvalue weighted by molar-refractivity contribution is 9.10. The molecular weight excluding hydrogens is 284 g/mol. The topological polar surface area (TPSA) is 35.5 Å². The van der Waals surface area contributed by atoms with Gasteiger partial charge in [-0.1, -0.05) is 15.9 Å². The smallest absolute Gasteiger partial charge is 0.163 e. The van der Waals surface area contributed by atoms with E-state index in [0.29, 0.717) is 17.9 Å². The molecule has 0 bridgehead atoms. The Morgan fingerprint density at radius 1 is 1.59 bits per heavy atom. The highest BCUT2D eigenvalue weighted by Gasteiger charge is 2.17. The number of carbonyl (C=O) groups excluding carboxylic acids is 1. The van der Waals surface area contributed by atoms with Gasteiger partial charge in [0.15, 0.2) is 5.78 Å². The van der Waals surface area contributed by atoms with Gasteiger partial charge in [-0.2, -0.15) is 0 Å². The summed E-state index contributed by atoms with van der Waals surface area (Å²) in [5.41, 5.74) is 0.609. The van der Waals surface area contributed by atoms with Crippen LogP contribution in [0.15, 0.2) is 22.7 Å². The Morgan fingerprint density at radius 3 is 3.06 bits per heavy atom. The lowest BCUT2D eigenvalue weighted by molar-refractivity contribution is 0.0672. The summed E-state index contributed by atoms with van der Waals surface area (Å²) >= 11 is 3.35. The molecule has 17 heavy (non-hydrogen) atoms. The first-order chi connectivity index (χ1) is 8.16. The zero-order valence-corrected chi connectivity index (χ0v) is 11.3. The van der Waals surface area contributed by atoms with E-state index in [4.69, 9.17) is 9.47 Å². The van der Waals surface area contributed by atoms with Crippen LogP contribution in [0.4, 0.5) is 0 Å². The summed E-state index contributed by atoms with van der Waals surface area (Å²) < 4.78 is 12.0. The maximum atomic E-state index is 11.5. The Morgan fingerprint density at radius 2 is 2.41 bits per heavy atom. The van der Waals surface area contributed by atoms with E-state index < -0.39 is 0 Å². The minimum Gasteiger partial charge on any atom is -0.490 e. The van der Waals surface area contributed by atoms with Gasteiger partial charge in [-0.25, -0.2) is 0 Å². The second-order valence-electron chi connectivity index (χ2n) is 4.14. The van der Waals surface area contributed by atoms with Gasteiger partial charge in [0, 0.05) is 11.1 Å². The maximum Gasteiger partial charge on any atom is 0.163 e. The molecule has 0 saturated carbocycles. The van der Waals surface area contributed by atoms with Crippen molar-refractivity contribution in [2.75, 3.05) is 13.2 Å². The Bertz CT molecular complexity index is 411. The number of Topliss-reactive ketones (excluding diaryl/α,β-unsaturated/α-hetero) is 1. The van der Waals surface area contributed by atoms with Gasteiger partial charge in [-0.05, 0) is 38.0 Å². The minimum absolute atomic E-state index is 0.00800. The lowest BCUT2D eigenvalue weighted by Gasteiger charge is -2.13. The van der Waals surface area contributed by atoms with E-state index in [-0.39, 0.29) is 11.9 Å². The fraction of sp³-hybridized carbons (Fsp3) is 0.462. The summed E-state index contributed by atoms with van der Waals surface area (Å²) in [4.78, 5) is 11.5. The molecular formula is C13H15BrO3. The molecule has 1 aliphatic rings. The molecule has 0 amide bonds. The molecule has 2 rings (SSSR count). The fourth-order valence-corrected chi connectivity index (χ4v) is 2.22. The average Bonchev–Trinajstić information content (AvgIpc) is 2.80. The van der Waals surface area contributed by atoms with Crippen molar-refractivity contribution in [2.45, 2.75) is 25.9 Å². The van der Waals surface area contributed by atoms with Crippen LogP contribution in [-0.4, -0.2) is 25.1 Å². The number of halogens is 1. The number of hydrogen-bond acceptors (Lipinski definition) is 3. The fourth-order valence-electron chi connectivity index (χ4n) is 1.86. The van der Waals surface area contributed by atoms with Crippen LogP contribution in [0.5, 0.6) is 5.75 Å². The number of ketones is 1. The van der Waals surface area contributed by atoms with Gasteiger partial charge in [0.2, 0.25) is 0 Å². The first-order valence-electron chi connectivity index (χ1n) is 5.71. The Labute approximate surface area is 109 Å². The summed E-state index contributed by atoms with van der Waals surface area (Å²) in [6.07, 6.45) is 2.29. The van der Waals surface area contributed by atoms with E-state index in [1.54, 1.807) is 13.0 Å². The Kier molecular flexibility index (Phi) is 4.18. The van der Waals surface area contributed by atoms with E-state index >= 15 is 0 Å². The van der Waals surface area contributed by atoms with Gasteiger partial charge in [0.05, 0.1) is 11.7 Å². The number of hydrogen-bond donors (Lipinski definition) is 0. The predicted molar refractivity (Wildman–Crippen MR) is 68.6 cm³/mol. The van der Waals surface area contributed by atoms with Crippen molar-refractivity contribution in [3.05, 3.63) is 28.2 Å². The van der Waals surface area contributed by atoms with Gasteiger partial charge in [0.25, 0.3) is 0 Å². The molecule has 1 atom stereocenters. The molecule has 0 aliphatic carbocycles. The summed E-state index contributed by atoms with van der Waals surface area (Å²) in [6.45, 7) is 2.87. The van der Waals surface area contributed by atoms with Gasteiger partial charge in [-0.3, -0.25) is 4.79 Å². The van der Waals surface area contributed by atoms with Crippen molar-refractivity contribution in [1.29, 1.82) is 0 Å². The third kappa shape index (κ3) is 3.30. The molecule has 4 heteroatoms. The molecule has 0 N–H and O–H groups in total. The summed E-state index contributed by atoms with van der Waals surface area (Å²) in [5.74, 6) is 0.643. The van der Waals surface area contributed by atoms with Crippen molar-refractivity contribution in [3.63, 3.8) is 0 Å². The Hall–Kier alpha value is -0.870. The lowest BCUT2D eigenvalue weighted by atomic mass is 10.1. The molecule has 92 valence electrons. The minimum atomic E-state index is 0.00800. The number of rotatable bonds is 4. The number of ether oxygens (including phenoxy) is 2. The number of benzene rings is 1. The molecule has 1 aromatic carbocycles. The molecule has 1 unspecified atom stereocenters. The van der Waals surface area contributed by atoms with Crippen molar-refractivity contribution >= 4 is 21.7 Å². The second kappa shape index (κ2) is 5.65. The third-order valence-electron chi connectivity index (χ3n) is 2.77. The monoisotopic (exact) mass is 298 g/mol. The van der Waals surface area contributed by atoms with Crippen LogP contribution in [0.25, 0.3) is 0 Å². The van der Waals surface area contributed by atoms with Gasteiger partial charge in [-0.15, -0.1) is 0 Å². The van der Waals surface area contributed by atoms with Crippen LogP contribution >= 0.6 is 15.9 Å². The van der Waals surface area contributed by atoms with Crippen LogP contribution < -0.4 is 4.74 Å². The van der Waals surface area contributed by atoms with Gasteiger partial charge in [0.1, 0.15) is 12.4 Å². The van der Waals surface area contributed by atoms with Crippen molar-refractivity contribution in [2.24, 2.45) is 0 Å². The number of carbonyl (C=O) groups is 1. The highest BCUT2D eigenvalue weighted by Crippen LogP contribution is 2.24. The van der Waals surface area contributed by atoms with Gasteiger partial charge < -0.3 is 9.47 Å². The first-order valence-corrected chi connectivity index (χ1v) is 6.51. The SMILES string of the molecule is CC(=O)c1cc(Br)ccc1OCC1CCCO1. The Balaban J connectivity index is 2.06. The molecule has 1 saturated heterocycles. The largest absolute Gasteiger partial charge is 0.490 e. The molecule has 1 aromatic rings. The van der Waals surface area contributed by atoms with Crippen LogP contribution in [0, 0.1) is 0 Å². The molecule has 0 spiro atoms. The van der Waals surface area contributed by atoms with Crippen molar-refractivity contribution in [1.82, 2.24) is 0 Å². The molecule has 1 aliphatic heterocycles. The van der Waals surface area contributed by atoms with E-state index in [1.165, 1.54) is 0 Å². The normalized spacial score (nSPS) is 19.3. The molecule has 3 nitrogen and oxygen atoms in total. The zero-order chi connectivity index (χ0) is 12.3. The van der Waals surface area contributed by atoms with Crippen LogP contribution in [0.1, 0.15) is 30.1 Å². The summed E-state index contributed by atoms with van der Waals surface area (Å²) in [5, 5.41) is 0. The standard InChI is InChI=1S/C13H15BrO3/c1-9(15)12-7-10(14)4-5-13(12)17-8-11-3-2-6-16-11/h4-5,7,11H,2-3,6,8H2,1H3. The highest BCUT2D eigenvalue weighted by atomic mass is 79.9. The maximum absolute atomic E-state index is 11.5. The van der Waals surface area contributed by atoms with Crippen LogP contribution in [0.2, 0.25) is 0 Å². The zero-order valence-electron chi connectivity index (χ0n) is 9.74. The first kappa shape index (κ1) is 12.6. The van der Waals surface area contributed by atoms with E-state index in [9.17, 15) is 4.79 Å². The quantitative estimate of drug-likeness (QED) is 0.801. The van der Waals surface area contributed by atoms with E-state index in [1.807, 2.05) is 12.1 Å². The van der Waals surface area contributed by atoms with Gasteiger partial charge >= 0.3 is 0 Å². The second-order valence-corrected chi connectivity index (χ2v) is 5.06. The van der Waals surface area contributed by atoms with Crippen molar-refractivity contribution in [3.8, 4) is 5.75 Å². The molecule has 1 fully saturated rings. The molecule has 0 radical (unpaired) electrons. The molecule has 0 aromatic heterocycles. The predicted octanol–water partition coefficient (Wildman–Crippen LogP) is 3.21. The van der Waals surface area contributed by atoms with Crippen LogP contribution in [-0.2, 0) is 4.74 Å². The van der Waals surface area contributed by atoms with Crippen molar-refractivity contribution < 1.29 is 14.3 Å². The summed E-state index contributed by atoms with van der Waals surface area (Å²) in [6, 6.07) is 5.47.